The van der Waals surface area contributed by atoms with Gasteiger partial charge in [0, 0.05) is 22.2 Å². The third kappa shape index (κ3) is 3.87. The van der Waals surface area contributed by atoms with Crippen molar-refractivity contribution in [3.63, 3.8) is 0 Å². The molecule has 6 aromatic rings. The monoisotopic (exact) mass is 753 g/mol. The molecule has 0 heterocycles. The van der Waals surface area contributed by atoms with Crippen molar-refractivity contribution in [2.24, 2.45) is 29.1 Å². The summed E-state index contributed by atoms with van der Waals surface area (Å²) >= 11 is 0. The van der Waals surface area contributed by atoms with E-state index in [1.54, 1.807) is 11.1 Å². The van der Waals surface area contributed by atoms with Crippen molar-refractivity contribution in [2.75, 3.05) is 4.90 Å². The Labute approximate surface area is 345 Å². The number of anilines is 3. The Morgan fingerprint density at radius 1 is 0.500 bits per heavy atom. The molecule has 7 aliphatic carbocycles. The van der Waals surface area contributed by atoms with Gasteiger partial charge in [-0.25, -0.2) is 0 Å². The summed E-state index contributed by atoms with van der Waals surface area (Å²) in [5.41, 5.74) is 22.4. The zero-order chi connectivity index (χ0) is 39.1. The summed E-state index contributed by atoms with van der Waals surface area (Å²) in [6.07, 6.45) is 8.18. The summed E-state index contributed by atoms with van der Waals surface area (Å²) in [7, 11) is 0. The summed E-state index contributed by atoms with van der Waals surface area (Å²) in [4.78, 5) is 2.70. The van der Waals surface area contributed by atoms with E-state index in [2.05, 4.69) is 174 Å². The van der Waals surface area contributed by atoms with Gasteiger partial charge in [-0.05, 0) is 176 Å². The lowest BCUT2D eigenvalue weighted by molar-refractivity contribution is -0.231. The molecule has 7 aliphatic rings. The smallest absolute Gasteiger partial charge is 0.0502 e. The normalized spacial score (nSPS) is 29.7. The molecule has 58 heavy (non-hydrogen) atoms. The van der Waals surface area contributed by atoms with Gasteiger partial charge in [0.2, 0.25) is 0 Å². The quantitative estimate of drug-likeness (QED) is 0.173. The van der Waals surface area contributed by atoms with Gasteiger partial charge in [-0.1, -0.05) is 139 Å². The fraction of sp³-hybridized carbons (Fsp3) is 0.368. The summed E-state index contributed by atoms with van der Waals surface area (Å²) in [6.45, 7) is 14.8. The van der Waals surface area contributed by atoms with Gasteiger partial charge < -0.3 is 4.90 Å². The van der Waals surface area contributed by atoms with Gasteiger partial charge in [-0.15, -0.1) is 0 Å². The number of hydrogen-bond donors (Lipinski definition) is 0. The van der Waals surface area contributed by atoms with Gasteiger partial charge in [-0.3, -0.25) is 0 Å². The molecule has 0 aliphatic heterocycles. The summed E-state index contributed by atoms with van der Waals surface area (Å²) < 4.78 is 0. The molecule has 13 rings (SSSR count). The Morgan fingerprint density at radius 3 is 1.95 bits per heavy atom. The van der Waals surface area contributed by atoms with Crippen molar-refractivity contribution >= 4 is 17.1 Å². The van der Waals surface area contributed by atoms with Crippen LogP contribution in [0, 0.1) is 29.1 Å². The standard InChI is InChI=1S/C57H55N/c1-53(2)26-27-54(3,4)52-45(53)20-13-21-48(52)58(37-22-24-41-40-16-10-11-18-43(40)55(5,6)46(41)31-37)38-23-25-42-47(32-38)57(49-29-34-28-36-30-50(57)56(36,49)33-34)44-19-12-17-39(51(42)44)35-14-8-7-9-15-35/h7-25,31-32,34,36,49-50H,26-30,33H2,1-6H3. The van der Waals surface area contributed by atoms with Crippen LogP contribution in [0.25, 0.3) is 33.4 Å². The zero-order valence-corrected chi connectivity index (χ0v) is 35.1. The molecule has 4 fully saturated rings. The molecular formula is C57H55N. The highest BCUT2D eigenvalue weighted by atomic mass is 15.1. The van der Waals surface area contributed by atoms with Crippen LogP contribution in [-0.2, 0) is 21.7 Å². The molecule has 1 heteroatoms. The van der Waals surface area contributed by atoms with Crippen molar-refractivity contribution in [3.05, 3.63) is 161 Å². The molecule has 6 aromatic carbocycles. The van der Waals surface area contributed by atoms with Gasteiger partial charge >= 0.3 is 0 Å². The summed E-state index contributed by atoms with van der Waals surface area (Å²) in [6, 6.07) is 50.1. The van der Waals surface area contributed by atoms with Gasteiger partial charge in [0.05, 0.1) is 5.69 Å². The van der Waals surface area contributed by atoms with Crippen molar-refractivity contribution in [1.29, 1.82) is 0 Å². The Bertz CT molecular complexity index is 2760. The second-order valence-electron chi connectivity index (χ2n) is 21.6. The Balaban J connectivity index is 1.07. The number of rotatable bonds is 4. The van der Waals surface area contributed by atoms with Crippen molar-refractivity contribution < 1.29 is 0 Å². The molecule has 4 saturated carbocycles. The van der Waals surface area contributed by atoms with E-state index in [1.807, 2.05) is 0 Å². The van der Waals surface area contributed by atoms with Crippen LogP contribution in [-0.4, -0.2) is 0 Å². The summed E-state index contributed by atoms with van der Waals surface area (Å²) in [5, 5.41) is 0. The van der Waals surface area contributed by atoms with Gasteiger partial charge in [0.25, 0.3) is 0 Å². The molecule has 0 radical (unpaired) electrons. The van der Waals surface area contributed by atoms with Crippen LogP contribution in [0.15, 0.2) is 127 Å². The molecule has 2 bridgehead atoms. The van der Waals surface area contributed by atoms with E-state index in [0.717, 1.165) is 23.7 Å². The van der Waals surface area contributed by atoms with Crippen LogP contribution in [0.2, 0.25) is 0 Å². The first-order valence-electron chi connectivity index (χ1n) is 22.5. The molecule has 288 valence electrons. The van der Waals surface area contributed by atoms with Crippen LogP contribution in [0.4, 0.5) is 17.1 Å². The molecular weight excluding hydrogens is 699 g/mol. The van der Waals surface area contributed by atoms with E-state index in [-0.39, 0.29) is 21.7 Å². The van der Waals surface area contributed by atoms with Crippen molar-refractivity contribution in [3.8, 4) is 33.4 Å². The molecule has 2 spiro atoms. The van der Waals surface area contributed by atoms with Crippen LogP contribution in [0.1, 0.15) is 113 Å². The first-order valence-corrected chi connectivity index (χ1v) is 22.5. The zero-order valence-electron chi connectivity index (χ0n) is 35.1. The van der Waals surface area contributed by atoms with E-state index in [1.165, 1.54) is 111 Å². The summed E-state index contributed by atoms with van der Waals surface area (Å²) in [5.74, 6) is 3.38. The molecule has 0 amide bonds. The molecule has 6 atom stereocenters. The molecule has 0 saturated heterocycles. The highest BCUT2D eigenvalue weighted by Crippen LogP contribution is 2.90. The fourth-order valence-corrected chi connectivity index (χ4v) is 15.5. The van der Waals surface area contributed by atoms with Gasteiger partial charge in [0.15, 0.2) is 0 Å². The first-order chi connectivity index (χ1) is 28.0. The number of nitrogens with zero attached hydrogens (tertiary/aromatic N) is 1. The predicted octanol–water partition coefficient (Wildman–Crippen LogP) is 14.8. The van der Waals surface area contributed by atoms with E-state index >= 15 is 0 Å². The lowest BCUT2D eigenvalue weighted by Gasteiger charge is -2.76. The maximum absolute atomic E-state index is 2.73. The third-order valence-corrected chi connectivity index (χ3v) is 18.0. The van der Waals surface area contributed by atoms with Crippen LogP contribution >= 0.6 is 0 Å². The van der Waals surface area contributed by atoms with Gasteiger partial charge in [-0.2, -0.15) is 0 Å². The molecule has 0 aromatic heterocycles. The maximum atomic E-state index is 2.73. The van der Waals surface area contributed by atoms with E-state index in [0.29, 0.717) is 5.41 Å². The Kier molecular flexibility index (Phi) is 6.36. The second kappa shape index (κ2) is 10.8. The fourth-order valence-electron chi connectivity index (χ4n) is 15.5. The van der Waals surface area contributed by atoms with E-state index in [9.17, 15) is 0 Å². The number of benzene rings is 6. The van der Waals surface area contributed by atoms with E-state index < -0.39 is 0 Å². The Morgan fingerprint density at radius 2 is 1.14 bits per heavy atom. The average molecular weight is 754 g/mol. The predicted molar refractivity (Wildman–Crippen MR) is 240 cm³/mol. The first kappa shape index (κ1) is 34.0. The molecule has 6 unspecified atom stereocenters. The van der Waals surface area contributed by atoms with Crippen molar-refractivity contribution in [2.45, 2.75) is 102 Å². The minimum absolute atomic E-state index is 0.0507. The lowest BCUT2D eigenvalue weighted by Crippen LogP contribution is -2.73. The molecule has 1 nitrogen and oxygen atoms in total. The topological polar surface area (TPSA) is 3.24 Å². The number of fused-ring (bicyclic) bond motifs is 12. The highest BCUT2D eigenvalue weighted by molar-refractivity contribution is 5.96. The lowest BCUT2D eigenvalue weighted by atomic mass is 9.27. The minimum Gasteiger partial charge on any atom is -0.310 e. The van der Waals surface area contributed by atoms with Crippen LogP contribution in [0.5, 0.6) is 0 Å². The third-order valence-electron chi connectivity index (χ3n) is 18.0. The molecule has 0 N–H and O–H groups in total. The largest absolute Gasteiger partial charge is 0.310 e. The van der Waals surface area contributed by atoms with Crippen molar-refractivity contribution in [1.82, 2.24) is 0 Å². The van der Waals surface area contributed by atoms with Crippen LogP contribution in [0.3, 0.4) is 0 Å². The maximum Gasteiger partial charge on any atom is 0.0502 e. The second-order valence-corrected chi connectivity index (χ2v) is 21.6. The van der Waals surface area contributed by atoms with E-state index in [4.69, 9.17) is 0 Å². The van der Waals surface area contributed by atoms with Gasteiger partial charge in [0.1, 0.15) is 0 Å². The Hall–Kier alpha value is -4.88. The SMILES string of the molecule is CC1(C)CCC(C)(C)c2c(N(c3ccc4c(c3)C(C)(C)c3ccccc3-4)c3ccc4c(c3)C3(c5cccc(-c6ccccc6)c5-4)C4CC5CC6CC3C64C5)cccc21. The van der Waals surface area contributed by atoms with Crippen LogP contribution < -0.4 is 4.90 Å². The minimum atomic E-state index is -0.0781. The number of hydrogen-bond acceptors (Lipinski definition) is 1. The highest BCUT2D eigenvalue weighted by Gasteiger charge is 2.84. The average Bonchev–Trinajstić information content (AvgIpc) is 3.92.